The molecular formula is C17H28N3O2+. The molecule has 0 atom stereocenters. The second-order valence-corrected chi connectivity index (χ2v) is 5.82. The first kappa shape index (κ1) is 16.6. The second kappa shape index (κ2) is 8.63. The van der Waals surface area contributed by atoms with Crippen LogP contribution in [-0.2, 0) is 4.79 Å². The molecule has 2 rings (SSSR count). The molecule has 0 radical (unpaired) electrons. The van der Waals surface area contributed by atoms with Gasteiger partial charge in [0.25, 0.3) is 5.91 Å². The molecule has 2 N–H and O–H groups in total. The van der Waals surface area contributed by atoms with E-state index in [1.54, 1.807) is 7.11 Å². The Hall–Kier alpha value is -1.75. The fraction of sp³-hybridized carbons (Fsp3) is 0.588. The Morgan fingerprint density at radius 3 is 2.82 bits per heavy atom. The molecule has 0 aliphatic carbocycles. The number of nitrogens with one attached hydrogen (secondary N) is 2. The van der Waals surface area contributed by atoms with Crippen LogP contribution < -0.4 is 19.9 Å². The number of nitrogens with zero attached hydrogens (tertiary/aromatic N) is 1. The zero-order valence-electron chi connectivity index (χ0n) is 13.7. The quantitative estimate of drug-likeness (QED) is 0.713. The first-order valence-corrected chi connectivity index (χ1v) is 8.22. The maximum atomic E-state index is 11.9. The van der Waals surface area contributed by atoms with Crippen LogP contribution in [-0.4, -0.2) is 52.3 Å². The molecule has 0 bridgehead atoms. The fourth-order valence-corrected chi connectivity index (χ4v) is 2.76. The summed E-state index contributed by atoms with van der Waals surface area (Å²) in [5.74, 6) is 1.07. The number of benzene rings is 1. The van der Waals surface area contributed by atoms with Crippen molar-refractivity contribution in [1.29, 1.82) is 0 Å². The molecule has 1 aliphatic rings. The summed E-state index contributed by atoms with van der Waals surface area (Å²) >= 11 is 0. The van der Waals surface area contributed by atoms with Crippen LogP contribution in [0.4, 0.5) is 5.69 Å². The minimum absolute atomic E-state index is 0.179. The number of rotatable bonds is 7. The third kappa shape index (κ3) is 4.91. The van der Waals surface area contributed by atoms with Crippen molar-refractivity contribution in [1.82, 2.24) is 5.32 Å². The normalized spacial score (nSPS) is 15.6. The monoisotopic (exact) mass is 306 g/mol. The Morgan fingerprint density at radius 2 is 2.14 bits per heavy atom. The Morgan fingerprint density at radius 1 is 1.36 bits per heavy atom. The van der Waals surface area contributed by atoms with E-state index in [0.29, 0.717) is 6.54 Å². The molecule has 0 unspecified atom stereocenters. The molecule has 0 saturated carbocycles. The van der Waals surface area contributed by atoms with Crippen LogP contribution in [0.5, 0.6) is 5.75 Å². The molecule has 5 heteroatoms. The van der Waals surface area contributed by atoms with Crippen molar-refractivity contribution in [2.45, 2.75) is 19.8 Å². The van der Waals surface area contributed by atoms with E-state index >= 15 is 0 Å². The summed E-state index contributed by atoms with van der Waals surface area (Å²) in [6.45, 7) is 7.48. The van der Waals surface area contributed by atoms with Crippen molar-refractivity contribution < 1.29 is 14.4 Å². The van der Waals surface area contributed by atoms with Crippen molar-refractivity contribution in [3.63, 3.8) is 0 Å². The SMILES string of the molecule is CCCCNC(=O)C[NH+]1CCN(c2cccc(OC)c2)CC1. The highest BCUT2D eigenvalue weighted by molar-refractivity contribution is 5.76. The van der Waals surface area contributed by atoms with E-state index in [2.05, 4.69) is 29.3 Å². The highest BCUT2D eigenvalue weighted by Crippen LogP contribution is 2.20. The highest BCUT2D eigenvalue weighted by Gasteiger charge is 2.22. The van der Waals surface area contributed by atoms with Gasteiger partial charge in [0.2, 0.25) is 0 Å². The minimum atomic E-state index is 0.179. The summed E-state index contributed by atoms with van der Waals surface area (Å²) in [5, 5.41) is 3.00. The molecule has 5 nitrogen and oxygen atoms in total. The van der Waals surface area contributed by atoms with Crippen molar-refractivity contribution in [2.75, 3.05) is 51.3 Å². The molecule has 1 saturated heterocycles. The number of amides is 1. The number of unbranched alkanes of at least 4 members (excludes halogenated alkanes) is 1. The number of carbonyl (C=O) groups excluding carboxylic acids is 1. The molecule has 0 spiro atoms. The molecule has 1 aromatic carbocycles. The van der Waals surface area contributed by atoms with Gasteiger partial charge in [-0.3, -0.25) is 4.79 Å². The van der Waals surface area contributed by atoms with Gasteiger partial charge in [-0.2, -0.15) is 0 Å². The smallest absolute Gasteiger partial charge is 0.275 e. The lowest BCUT2D eigenvalue weighted by Gasteiger charge is -2.33. The van der Waals surface area contributed by atoms with Gasteiger partial charge in [-0.15, -0.1) is 0 Å². The van der Waals surface area contributed by atoms with Gasteiger partial charge < -0.3 is 19.9 Å². The van der Waals surface area contributed by atoms with Crippen LogP contribution in [0.15, 0.2) is 24.3 Å². The lowest BCUT2D eigenvalue weighted by atomic mass is 10.2. The van der Waals surface area contributed by atoms with Crippen LogP contribution in [0.2, 0.25) is 0 Å². The van der Waals surface area contributed by atoms with E-state index in [9.17, 15) is 4.79 Å². The number of piperazine rings is 1. The van der Waals surface area contributed by atoms with Gasteiger partial charge >= 0.3 is 0 Å². The topological polar surface area (TPSA) is 46.0 Å². The molecule has 122 valence electrons. The highest BCUT2D eigenvalue weighted by atomic mass is 16.5. The molecule has 0 aromatic heterocycles. The summed E-state index contributed by atoms with van der Waals surface area (Å²) in [4.78, 5) is 15.6. The summed E-state index contributed by atoms with van der Waals surface area (Å²) in [7, 11) is 1.69. The lowest BCUT2D eigenvalue weighted by molar-refractivity contribution is -0.892. The minimum Gasteiger partial charge on any atom is -0.497 e. The third-order valence-electron chi connectivity index (χ3n) is 4.15. The average Bonchev–Trinajstić information content (AvgIpc) is 2.56. The Labute approximate surface area is 133 Å². The number of anilines is 1. The summed E-state index contributed by atoms with van der Waals surface area (Å²) in [6.07, 6.45) is 2.18. The molecule has 1 aromatic rings. The van der Waals surface area contributed by atoms with Crippen molar-refractivity contribution in [3.8, 4) is 5.75 Å². The van der Waals surface area contributed by atoms with Crippen molar-refractivity contribution in [2.24, 2.45) is 0 Å². The number of ether oxygens (including phenoxy) is 1. The largest absolute Gasteiger partial charge is 0.497 e. The predicted octanol–water partition coefficient (Wildman–Crippen LogP) is 0.316. The van der Waals surface area contributed by atoms with E-state index < -0.39 is 0 Å². The standard InChI is InChI=1S/C17H27N3O2/c1-3-4-8-18-17(21)14-19-9-11-20(12-10-19)15-6-5-7-16(13-15)22-2/h5-7,13H,3-4,8-12,14H2,1-2H3,(H,18,21)/p+1. The zero-order chi connectivity index (χ0) is 15.8. The summed E-state index contributed by atoms with van der Waals surface area (Å²) < 4.78 is 5.28. The first-order valence-electron chi connectivity index (χ1n) is 8.22. The molecule has 22 heavy (non-hydrogen) atoms. The van der Waals surface area contributed by atoms with Gasteiger partial charge in [0.05, 0.1) is 33.3 Å². The summed E-state index contributed by atoms with van der Waals surface area (Å²) in [6, 6.07) is 8.17. The molecule has 1 aliphatic heterocycles. The number of methoxy groups -OCH3 is 1. The van der Waals surface area contributed by atoms with Crippen LogP contribution in [0, 0.1) is 0 Å². The van der Waals surface area contributed by atoms with Crippen molar-refractivity contribution in [3.05, 3.63) is 24.3 Å². The summed E-state index contributed by atoms with van der Waals surface area (Å²) in [5.41, 5.74) is 1.20. The lowest BCUT2D eigenvalue weighted by Crippen LogP contribution is -3.15. The Bertz CT molecular complexity index is 471. The average molecular weight is 306 g/mol. The van der Waals surface area contributed by atoms with Crippen LogP contribution in [0.3, 0.4) is 0 Å². The van der Waals surface area contributed by atoms with E-state index in [1.807, 2.05) is 12.1 Å². The van der Waals surface area contributed by atoms with Gasteiger partial charge in [-0.1, -0.05) is 19.4 Å². The van der Waals surface area contributed by atoms with E-state index in [4.69, 9.17) is 4.74 Å². The van der Waals surface area contributed by atoms with Crippen LogP contribution in [0.1, 0.15) is 19.8 Å². The van der Waals surface area contributed by atoms with Crippen LogP contribution in [0.25, 0.3) is 0 Å². The van der Waals surface area contributed by atoms with Gasteiger partial charge in [-0.05, 0) is 18.6 Å². The third-order valence-corrected chi connectivity index (χ3v) is 4.15. The number of hydrogen-bond donors (Lipinski definition) is 2. The second-order valence-electron chi connectivity index (χ2n) is 5.82. The Balaban J connectivity index is 1.76. The van der Waals surface area contributed by atoms with Crippen LogP contribution >= 0.6 is 0 Å². The fourth-order valence-electron chi connectivity index (χ4n) is 2.76. The van der Waals surface area contributed by atoms with Gasteiger partial charge in [0, 0.05) is 18.3 Å². The van der Waals surface area contributed by atoms with Gasteiger partial charge in [0.15, 0.2) is 6.54 Å². The predicted molar refractivity (Wildman–Crippen MR) is 88.7 cm³/mol. The van der Waals surface area contributed by atoms with E-state index in [-0.39, 0.29) is 5.91 Å². The molecule has 1 fully saturated rings. The zero-order valence-corrected chi connectivity index (χ0v) is 13.7. The van der Waals surface area contributed by atoms with Crippen molar-refractivity contribution >= 4 is 11.6 Å². The number of hydrogen-bond acceptors (Lipinski definition) is 3. The molecule has 1 heterocycles. The number of carbonyl (C=O) groups is 1. The molecular weight excluding hydrogens is 278 g/mol. The first-order chi connectivity index (χ1) is 10.7. The van der Waals surface area contributed by atoms with Gasteiger partial charge in [0.1, 0.15) is 5.75 Å². The van der Waals surface area contributed by atoms with Gasteiger partial charge in [-0.25, -0.2) is 0 Å². The van der Waals surface area contributed by atoms with E-state index in [1.165, 1.54) is 10.6 Å². The molecule has 1 amide bonds. The van der Waals surface area contributed by atoms with E-state index in [0.717, 1.165) is 51.3 Å². The Kier molecular flexibility index (Phi) is 6.52. The number of quaternary nitrogens is 1. The maximum Gasteiger partial charge on any atom is 0.275 e. The maximum absolute atomic E-state index is 11.9.